The fraction of sp³-hybridized carbons (Fsp3) is 0.267. The summed E-state index contributed by atoms with van der Waals surface area (Å²) in [5.41, 5.74) is 1.10. The number of nitrogens with one attached hydrogen (secondary N) is 2. The lowest BCUT2D eigenvalue weighted by molar-refractivity contribution is 0.0945. The van der Waals surface area contributed by atoms with Crippen molar-refractivity contribution >= 4 is 29.0 Å². The number of halogens is 1. The standard InChI is InChI=1S/C15H18ClN5O/c1-21(2)9-8-17-15(22)13-6-7-14(20-19-13)18-12-5-3-4-11(16)10-12/h3-7,10H,8-9H2,1-2H3,(H,17,22)(H,18,20). The zero-order valence-corrected chi connectivity index (χ0v) is 13.3. The van der Waals surface area contributed by atoms with Gasteiger partial charge in [0, 0.05) is 23.8 Å². The van der Waals surface area contributed by atoms with E-state index >= 15 is 0 Å². The molecule has 1 heterocycles. The van der Waals surface area contributed by atoms with E-state index in [1.807, 2.05) is 31.1 Å². The summed E-state index contributed by atoms with van der Waals surface area (Å²) in [6.07, 6.45) is 0. The summed E-state index contributed by atoms with van der Waals surface area (Å²) >= 11 is 5.92. The van der Waals surface area contributed by atoms with Gasteiger partial charge in [0.1, 0.15) is 0 Å². The third kappa shape index (κ3) is 4.98. The zero-order chi connectivity index (χ0) is 15.9. The summed E-state index contributed by atoms with van der Waals surface area (Å²) in [7, 11) is 3.89. The van der Waals surface area contributed by atoms with E-state index in [-0.39, 0.29) is 11.6 Å². The van der Waals surface area contributed by atoms with Gasteiger partial charge in [-0.05, 0) is 44.4 Å². The first-order chi connectivity index (χ1) is 10.5. The van der Waals surface area contributed by atoms with E-state index in [2.05, 4.69) is 20.8 Å². The lowest BCUT2D eigenvalue weighted by Gasteiger charge is -2.10. The van der Waals surface area contributed by atoms with Crippen LogP contribution in [0.1, 0.15) is 10.5 Å². The maximum Gasteiger partial charge on any atom is 0.271 e. The number of anilines is 2. The van der Waals surface area contributed by atoms with E-state index in [0.717, 1.165) is 12.2 Å². The average Bonchev–Trinajstić information content (AvgIpc) is 2.47. The first kappa shape index (κ1) is 16.2. The summed E-state index contributed by atoms with van der Waals surface area (Å²) in [4.78, 5) is 13.9. The largest absolute Gasteiger partial charge is 0.349 e. The maximum atomic E-state index is 11.9. The monoisotopic (exact) mass is 319 g/mol. The number of nitrogens with zero attached hydrogens (tertiary/aromatic N) is 3. The highest BCUT2D eigenvalue weighted by molar-refractivity contribution is 6.30. The Hall–Kier alpha value is -2.18. The highest BCUT2D eigenvalue weighted by atomic mass is 35.5. The molecule has 6 nitrogen and oxygen atoms in total. The lowest BCUT2D eigenvalue weighted by Crippen LogP contribution is -2.31. The van der Waals surface area contributed by atoms with Crippen LogP contribution in [-0.2, 0) is 0 Å². The van der Waals surface area contributed by atoms with Crippen molar-refractivity contribution in [1.82, 2.24) is 20.4 Å². The van der Waals surface area contributed by atoms with Gasteiger partial charge in [0.2, 0.25) is 0 Å². The molecule has 0 saturated heterocycles. The van der Waals surface area contributed by atoms with Gasteiger partial charge >= 0.3 is 0 Å². The molecule has 0 aliphatic rings. The van der Waals surface area contributed by atoms with Crippen molar-refractivity contribution in [2.75, 3.05) is 32.5 Å². The van der Waals surface area contributed by atoms with Gasteiger partial charge in [0.15, 0.2) is 11.5 Å². The van der Waals surface area contributed by atoms with Crippen LogP contribution in [0.5, 0.6) is 0 Å². The van der Waals surface area contributed by atoms with Crippen molar-refractivity contribution in [3.63, 3.8) is 0 Å². The van der Waals surface area contributed by atoms with E-state index in [9.17, 15) is 4.79 Å². The lowest BCUT2D eigenvalue weighted by atomic mass is 10.3. The minimum absolute atomic E-state index is 0.233. The SMILES string of the molecule is CN(C)CCNC(=O)c1ccc(Nc2cccc(Cl)c2)nn1. The van der Waals surface area contributed by atoms with Crippen LogP contribution in [0.2, 0.25) is 5.02 Å². The Morgan fingerprint density at radius 1 is 1.23 bits per heavy atom. The number of benzene rings is 1. The molecule has 0 atom stereocenters. The third-order valence-corrected chi connectivity index (χ3v) is 3.07. The van der Waals surface area contributed by atoms with Gasteiger partial charge in [0.25, 0.3) is 5.91 Å². The summed E-state index contributed by atoms with van der Waals surface area (Å²) < 4.78 is 0. The molecule has 0 radical (unpaired) electrons. The van der Waals surface area contributed by atoms with Crippen LogP contribution in [0.15, 0.2) is 36.4 Å². The zero-order valence-electron chi connectivity index (χ0n) is 12.5. The van der Waals surface area contributed by atoms with E-state index in [1.165, 1.54) is 0 Å². The Morgan fingerprint density at radius 2 is 2.05 bits per heavy atom. The average molecular weight is 320 g/mol. The molecule has 1 aromatic carbocycles. The van der Waals surface area contributed by atoms with Crippen LogP contribution >= 0.6 is 11.6 Å². The summed E-state index contributed by atoms with van der Waals surface area (Å²) in [5.74, 6) is 0.316. The molecule has 0 spiro atoms. The smallest absolute Gasteiger partial charge is 0.271 e. The molecule has 1 aromatic heterocycles. The van der Waals surface area contributed by atoms with Gasteiger partial charge in [-0.1, -0.05) is 17.7 Å². The van der Waals surface area contributed by atoms with E-state index in [1.54, 1.807) is 24.3 Å². The predicted octanol–water partition coefficient (Wildman–Crippen LogP) is 2.17. The van der Waals surface area contributed by atoms with Crippen LogP contribution in [-0.4, -0.2) is 48.2 Å². The van der Waals surface area contributed by atoms with Gasteiger partial charge < -0.3 is 15.5 Å². The molecular weight excluding hydrogens is 302 g/mol. The van der Waals surface area contributed by atoms with Gasteiger partial charge in [-0.2, -0.15) is 0 Å². The van der Waals surface area contributed by atoms with Crippen LogP contribution in [0.4, 0.5) is 11.5 Å². The fourth-order valence-electron chi connectivity index (χ4n) is 1.72. The number of carbonyl (C=O) groups is 1. The Balaban J connectivity index is 1.93. The molecule has 0 aliphatic carbocycles. The Labute approximate surface area is 134 Å². The first-order valence-corrected chi connectivity index (χ1v) is 7.21. The highest BCUT2D eigenvalue weighted by Gasteiger charge is 2.07. The fourth-order valence-corrected chi connectivity index (χ4v) is 1.91. The summed E-state index contributed by atoms with van der Waals surface area (Å²) in [6, 6.07) is 10.6. The van der Waals surface area contributed by atoms with Crippen molar-refractivity contribution in [3.05, 3.63) is 47.1 Å². The van der Waals surface area contributed by atoms with Crippen molar-refractivity contribution in [3.8, 4) is 0 Å². The molecule has 7 heteroatoms. The highest BCUT2D eigenvalue weighted by Crippen LogP contribution is 2.18. The van der Waals surface area contributed by atoms with Gasteiger partial charge in [-0.15, -0.1) is 10.2 Å². The second-order valence-electron chi connectivity index (χ2n) is 5.00. The van der Waals surface area contributed by atoms with Crippen molar-refractivity contribution < 1.29 is 4.79 Å². The van der Waals surface area contributed by atoms with E-state index in [4.69, 9.17) is 11.6 Å². The first-order valence-electron chi connectivity index (χ1n) is 6.84. The summed E-state index contributed by atoms with van der Waals surface area (Å²) in [6.45, 7) is 1.34. The molecule has 0 aliphatic heterocycles. The second kappa shape index (κ2) is 7.72. The normalized spacial score (nSPS) is 10.5. The number of rotatable bonds is 6. The molecule has 0 bridgehead atoms. The number of hydrogen-bond donors (Lipinski definition) is 2. The van der Waals surface area contributed by atoms with Crippen LogP contribution in [0.25, 0.3) is 0 Å². The molecule has 2 aromatic rings. The minimum Gasteiger partial charge on any atom is -0.349 e. The van der Waals surface area contributed by atoms with E-state index in [0.29, 0.717) is 17.4 Å². The molecule has 0 unspecified atom stereocenters. The topological polar surface area (TPSA) is 70.2 Å². The Kier molecular flexibility index (Phi) is 5.68. The van der Waals surface area contributed by atoms with Crippen LogP contribution in [0, 0.1) is 0 Å². The van der Waals surface area contributed by atoms with E-state index < -0.39 is 0 Å². The van der Waals surface area contributed by atoms with Gasteiger partial charge in [-0.3, -0.25) is 4.79 Å². The number of hydrogen-bond acceptors (Lipinski definition) is 5. The second-order valence-corrected chi connectivity index (χ2v) is 5.43. The molecule has 2 rings (SSSR count). The van der Waals surface area contributed by atoms with Crippen molar-refractivity contribution in [2.24, 2.45) is 0 Å². The Morgan fingerprint density at radius 3 is 2.68 bits per heavy atom. The predicted molar refractivity (Wildman–Crippen MR) is 87.7 cm³/mol. The minimum atomic E-state index is -0.233. The maximum absolute atomic E-state index is 11.9. The van der Waals surface area contributed by atoms with Crippen molar-refractivity contribution in [1.29, 1.82) is 0 Å². The molecule has 0 saturated carbocycles. The molecule has 2 N–H and O–H groups in total. The molecule has 116 valence electrons. The van der Waals surface area contributed by atoms with Gasteiger partial charge in [-0.25, -0.2) is 0 Å². The molecular formula is C15H18ClN5O. The number of carbonyl (C=O) groups excluding carboxylic acids is 1. The molecule has 22 heavy (non-hydrogen) atoms. The molecule has 0 fully saturated rings. The molecule has 1 amide bonds. The van der Waals surface area contributed by atoms with Crippen LogP contribution < -0.4 is 10.6 Å². The van der Waals surface area contributed by atoms with Gasteiger partial charge in [0.05, 0.1) is 0 Å². The quantitative estimate of drug-likeness (QED) is 0.854. The number of aromatic nitrogens is 2. The van der Waals surface area contributed by atoms with Crippen molar-refractivity contribution in [2.45, 2.75) is 0 Å². The number of amides is 1. The summed E-state index contributed by atoms with van der Waals surface area (Å²) in [5, 5.41) is 14.4. The third-order valence-electron chi connectivity index (χ3n) is 2.84. The number of likely N-dealkylation sites (N-methyl/N-ethyl adjacent to an activating group) is 1. The Bertz CT molecular complexity index is 630. The van der Waals surface area contributed by atoms with Crippen LogP contribution in [0.3, 0.4) is 0 Å².